The van der Waals surface area contributed by atoms with Crippen LogP contribution < -0.4 is 9.62 Å². The molecule has 5 heteroatoms. The molecule has 0 saturated carbocycles. The molecule has 0 radical (unpaired) electrons. The summed E-state index contributed by atoms with van der Waals surface area (Å²) in [6.07, 6.45) is 5.05. The monoisotopic (exact) mass is 316 g/mol. The molecule has 2 aromatic rings. The molecule has 0 unspecified atom stereocenters. The van der Waals surface area contributed by atoms with Crippen LogP contribution >= 0.6 is 11.9 Å². The van der Waals surface area contributed by atoms with Crippen molar-refractivity contribution in [3.8, 4) is 5.75 Å². The number of nitrogens with zero attached hydrogens (tertiary/aromatic N) is 1. The van der Waals surface area contributed by atoms with E-state index >= 15 is 0 Å². The van der Waals surface area contributed by atoms with Crippen LogP contribution in [-0.2, 0) is 0 Å². The second-order valence-electron chi connectivity index (χ2n) is 5.60. The molecule has 4 nitrogen and oxygen atoms in total. The minimum absolute atomic E-state index is 0.0409. The lowest BCUT2D eigenvalue weighted by Gasteiger charge is -2.33. The van der Waals surface area contributed by atoms with Crippen LogP contribution in [-0.4, -0.2) is 36.8 Å². The van der Waals surface area contributed by atoms with Crippen LogP contribution in [0.25, 0.3) is 10.8 Å². The van der Waals surface area contributed by atoms with Crippen LogP contribution in [0.15, 0.2) is 30.3 Å². The Hall–Kier alpha value is -1.72. The first kappa shape index (κ1) is 15.2. The van der Waals surface area contributed by atoms with E-state index in [-0.39, 0.29) is 5.75 Å². The highest BCUT2D eigenvalue weighted by atomic mass is 32.2. The molecule has 1 aliphatic heterocycles. The van der Waals surface area contributed by atoms with Gasteiger partial charge in [0.15, 0.2) is 6.29 Å². The number of aromatic hydroxyl groups is 1. The van der Waals surface area contributed by atoms with E-state index in [1.54, 1.807) is 18.0 Å². The molecule has 1 aliphatic rings. The Morgan fingerprint density at radius 1 is 1.27 bits per heavy atom. The molecule has 1 heterocycles. The fraction of sp³-hybridized carbons (Fsp3) is 0.353. The zero-order chi connectivity index (χ0) is 15.5. The van der Waals surface area contributed by atoms with Gasteiger partial charge < -0.3 is 10.0 Å². The third-order valence-corrected chi connectivity index (χ3v) is 4.85. The molecule has 2 N–H and O–H groups in total. The molecule has 1 fully saturated rings. The average molecular weight is 316 g/mol. The number of phenolic OH excluding ortho intramolecular Hbond substituents is 1. The fourth-order valence-corrected chi connectivity index (χ4v) is 3.64. The molecule has 22 heavy (non-hydrogen) atoms. The van der Waals surface area contributed by atoms with Gasteiger partial charge in [-0.25, -0.2) is 0 Å². The Morgan fingerprint density at radius 2 is 2.05 bits per heavy atom. The fourth-order valence-electron chi connectivity index (χ4n) is 3.07. The summed E-state index contributed by atoms with van der Waals surface area (Å²) in [5.74, 6) is 0.0409. The summed E-state index contributed by atoms with van der Waals surface area (Å²) in [5, 5.41) is 11.5. The van der Waals surface area contributed by atoms with Gasteiger partial charge in [0.05, 0.1) is 5.56 Å². The quantitative estimate of drug-likeness (QED) is 0.670. The van der Waals surface area contributed by atoms with Gasteiger partial charge in [-0.05, 0) is 48.1 Å². The van der Waals surface area contributed by atoms with Crippen molar-refractivity contribution in [2.45, 2.75) is 18.9 Å². The van der Waals surface area contributed by atoms with Crippen molar-refractivity contribution in [2.75, 3.05) is 24.2 Å². The molecule has 0 aliphatic carbocycles. The summed E-state index contributed by atoms with van der Waals surface area (Å²) < 4.78 is 3.43. The van der Waals surface area contributed by atoms with Gasteiger partial charge in [0.1, 0.15) is 5.75 Å². The lowest BCUT2D eigenvalue weighted by molar-refractivity contribution is 0.112. The lowest BCUT2D eigenvalue weighted by atomic mass is 10.0. The van der Waals surface area contributed by atoms with E-state index in [1.165, 1.54) is 5.69 Å². The number of hydrogen-bond acceptors (Lipinski definition) is 5. The van der Waals surface area contributed by atoms with E-state index in [9.17, 15) is 9.90 Å². The van der Waals surface area contributed by atoms with Crippen LogP contribution in [0.1, 0.15) is 23.2 Å². The van der Waals surface area contributed by atoms with Crippen LogP contribution in [0.5, 0.6) is 5.75 Å². The van der Waals surface area contributed by atoms with Crippen LogP contribution in [0, 0.1) is 0 Å². The normalized spacial score (nSPS) is 16.1. The van der Waals surface area contributed by atoms with Crippen LogP contribution in [0.3, 0.4) is 0 Å². The molecule has 2 aromatic carbocycles. The highest BCUT2D eigenvalue weighted by Gasteiger charge is 2.19. The molecule has 3 rings (SSSR count). The number of phenols is 1. The standard InChI is InChI=1S/C17H20N2O2S/c1-22-18-13-6-8-19(9-7-13)14-3-4-15-12(10-14)2-5-17(21)16(15)11-20/h2-5,10-11,13,18,21H,6-9H2,1H3. The predicted molar refractivity (Wildman–Crippen MR) is 92.9 cm³/mol. The van der Waals surface area contributed by atoms with Gasteiger partial charge in [-0.15, -0.1) is 0 Å². The van der Waals surface area contributed by atoms with Gasteiger partial charge in [0.25, 0.3) is 0 Å². The summed E-state index contributed by atoms with van der Waals surface area (Å²) in [5.41, 5.74) is 1.55. The van der Waals surface area contributed by atoms with E-state index in [2.05, 4.69) is 21.9 Å². The Bertz CT molecular complexity index is 682. The summed E-state index contributed by atoms with van der Waals surface area (Å²) >= 11 is 1.69. The molecule has 1 saturated heterocycles. The number of carbonyl (C=O) groups excluding carboxylic acids is 1. The molecule has 116 valence electrons. The SMILES string of the molecule is CSNC1CCN(c2ccc3c(C=O)c(O)ccc3c2)CC1. The van der Waals surface area contributed by atoms with Gasteiger partial charge in [-0.2, -0.15) is 0 Å². The largest absolute Gasteiger partial charge is 0.507 e. The summed E-state index contributed by atoms with van der Waals surface area (Å²) in [6, 6.07) is 10.1. The first-order chi connectivity index (χ1) is 10.7. The molecule has 0 amide bonds. The Labute approximate surface area is 134 Å². The molecular weight excluding hydrogens is 296 g/mol. The summed E-state index contributed by atoms with van der Waals surface area (Å²) in [4.78, 5) is 13.5. The van der Waals surface area contributed by atoms with Crippen LogP contribution in [0.2, 0.25) is 0 Å². The van der Waals surface area contributed by atoms with E-state index in [0.717, 1.165) is 43.0 Å². The van der Waals surface area contributed by atoms with Gasteiger partial charge in [0.2, 0.25) is 0 Å². The number of carbonyl (C=O) groups is 1. The van der Waals surface area contributed by atoms with Gasteiger partial charge >= 0.3 is 0 Å². The molecule has 0 atom stereocenters. The first-order valence-corrected chi connectivity index (χ1v) is 8.70. The van der Waals surface area contributed by atoms with Crippen molar-refractivity contribution in [2.24, 2.45) is 0 Å². The highest BCUT2D eigenvalue weighted by molar-refractivity contribution is 7.96. The maximum Gasteiger partial charge on any atom is 0.154 e. The first-order valence-electron chi connectivity index (χ1n) is 7.47. The van der Waals surface area contributed by atoms with Crippen LogP contribution in [0.4, 0.5) is 5.69 Å². The number of fused-ring (bicyclic) bond motifs is 1. The minimum atomic E-state index is 0.0409. The zero-order valence-electron chi connectivity index (χ0n) is 12.6. The smallest absolute Gasteiger partial charge is 0.154 e. The average Bonchev–Trinajstić information content (AvgIpc) is 2.55. The van der Waals surface area contributed by atoms with Gasteiger partial charge in [-0.3, -0.25) is 9.52 Å². The number of piperidine rings is 1. The number of nitrogens with one attached hydrogen (secondary N) is 1. The van der Waals surface area contributed by atoms with Crippen molar-refractivity contribution < 1.29 is 9.90 Å². The van der Waals surface area contributed by atoms with Gasteiger partial charge in [-0.1, -0.05) is 24.1 Å². The van der Waals surface area contributed by atoms with E-state index in [1.807, 2.05) is 18.2 Å². The lowest BCUT2D eigenvalue weighted by Crippen LogP contribution is -2.40. The third kappa shape index (κ3) is 2.91. The Morgan fingerprint density at radius 3 is 2.73 bits per heavy atom. The maximum atomic E-state index is 11.1. The Kier molecular flexibility index (Phi) is 4.55. The van der Waals surface area contributed by atoms with Crippen molar-refractivity contribution in [1.29, 1.82) is 0 Å². The number of rotatable bonds is 4. The number of anilines is 1. The van der Waals surface area contributed by atoms with Gasteiger partial charge in [0, 0.05) is 24.8 Å². The van der Waals surface area contributed by atoms with Crippen molar-refractivity contribution in [3.63, 3.8) is 0 Å². The highest BCUT2D eigenvalue weighted by Crippen LogP contribution is 2.30. The summed E-state index contributed by atoms with van der Waals surface area (Å²) in [6.45, 7) is 2.06. The zero-order valence-corrected chi connectivity index (χ0v) is 13.4. The summed E-state index contributed by atoms with van der Waals surface area (Å²) in [7, 11) is 0. The molecule has 0 aromatic heterocycles. The molecular formula is C17H20N2O2S. The molecule has 0 bridgehead atoms. The van der Waals surface area contributed by atoms with Crippen molar-refractivity contribution in [1.82, 2.24) is 4.72 Å². The third-order valence-electron chi connectivity index (χ3n) is 4.28. The maximum absolute atomic E-state index is 11.1. The topological polar surface area (TPSA) is 52.6 Å². The second-order valence-corrected chi connectivity index (χ2v) is 6.25. The second kappa shape index (κ2) is 6.58. The number of benzene rings is 2. The Balaban J connectivity index is 1.84. The number of hydrogen-bond donors (Lipinski definition) is 2. The predicted octanol–water partition coefficient (Wildman–Crippen LogP) is 3.19. The van der Waals surface area contributed by atoms with E-state index < -0.39 is 0 Å². The van der Waals surface area contributed by atoms with E-state index in [4.69, 9.17) is 0 Å². The van der Waals surface area contributed by atoms with E-state index in [0.29, 0.717) is 11.6 Å². The molecule has 0 spiro atoms. The van der Waals surface area contributed by atoms with Crippen molar-refractivity contribution >= 4 is 34.7 Å². The van der Waals surface area contributed by atoms with Crippen molar-refractivity contribution in [3.05, 3.63) is 35.9 Å². The minimum Gasteiger partial charge on any atom is -0.507 e. The number of aldehydes is 1.